The van der Waals surface area contributed by atoms with Gasteiger partial charge in [-0.3, -0.25) is 4.79 Å². The van der Waals surface area contributed by atoms with Crippen molar-refractivity contribution < 1.29 is 4.79 Å². The van der Waals surface area contributed by atoms with Gasteiger partial charge in [-0.1, -0.05) is 24.3 Å². The zero-order valence-corrected chi connectivity index (χ0v) is 11.4. The Kier molecular flexibility index (Phi) is 3.66. The molecule has 0 radical (unpaired) electrons. The fourth-order valence-electron chi connectivity index (χ4n) is 2.29. The average molecular weight is 280 g/mol. The number of H-pyrrole nitrogens is 1. The van der Waals surface area contributed by atoms with Crippen molar-refractivity contribution in [1.29, 1.82) is 0 Å². The number of fused-ring (bicyclic) bond motifs is 1. The van der Waals surface area contributed by atoms with E-state index in [1.165, 1.54) is 0 Å². The van der Waals surface area contributed by atoms with Gasteiger partial charge in [0.25, 0.3) is 0 Å². The Bertz CT molecular complexity index is 751. The van der Waals surface area contributed by atoms with Crippen molar-refractivity contribution in [1.82, 2.24) is 9.97 Å². The first-order chi connectivity index (χ1) is 10.2. The highest BCUT2D eigenvalue weighted by molar-refractivity contribution is 5.94. The Morgan fingerprint density at radius 3 is 2.86 bits per heavy atom. The Morgan fingerprint density at radius 2 is 2.05 bits per heavy atom. The number of hydrogen-bond donors (Lipinski definition) is 3. The van der Waals surface area contributed by atoms with Gasteiger partial charge in [-0.2, -0.15) is 0 Å². The largest absolute Gasteiger partial charge is 0.361 e. The third kappa shape index (κ3) is 2.93. The van der Waals surface area contributed by atoms with Crippen molar-refractivity contribution in [3.63, 3.8) is 0 Å². The fraction of sp³-hybridized carbons (Fsp3) is 0.125. The fourth-order valence-corrected chi connectivity index (χ4v) is 2.29. The van der Waals surface area contributed by atoms with E-state index >= 15 is 0 Å². The number of carbonyl (C=O) groups is 1. The number of para-hydroxylation sites is 1. The lowest BCUT2D eigenvalue weighted by Crippen LogP contribution is -2.37. The van der Waals surface area contributed by atoms with E-state index in [1.54, 1.807) is 18.3 Å². The smallest absolute Gasteiger partial charge is 0.242 e. The number of nitrogens with one attached hydrogen (secondary N) is 2. The summed E-state index contributed by atoms with van der Waals surface area (Å²) in [5.41, 5.74) is 8.08. The third-order valence-electron chi connectivity index (χ3n) is 3.37. The molecule has 0 unspecified atom stereocenters. The molecule has 2 heterocycles. The second kappa shape index (κ2) is 5.76. The van der Waals surface area contributed by atoms with Gasteiger partial charge in [0, 0.05) is 23.3 Å². The molecular weight excluding hydrogens is 264 g/mol. The predicted molar refractivity (Wildman–Crippen MR) is 82.8 cm³/mol. The van der Waals surface area contributed by atoms with Gasteiger partial charge in [-0.25, -0.2) is 4.98 Å². The molecule has 106 valence electrons. The van der Waals surface area contributed by atoms with Crippen LogP contribution in [0.15, 0.2) is 54.9 Å². The SMILES string of the molecule is N[C@@H](Cc1c[nH]c2ccccc12)C(=O)Nc1ccccn1. The molecule has 0 saturated carbocycles. The Labute approximate surface area is 122 Å². The molecule has 1 atom stereocenters. The first kappa shape index (κ1) is 13.3. The molecule has 0 aliphatic carbocycles. The van der Waals surface area contributed by atoms with Crippen LogP contribution in [0.4, 0.5) is 5.82 Å². The van der Waals surface area contributed by atoms with E-state index in [0.29, 0.717) is 12.2 Å². The highest BCUT2D eigenvalue weighted by Crippen LogP contribution is 2.18. The van der Waals surface area contributed by atoms with Crippen molar-refractivity contribution in [3.05, 3.63) is 60.4 Å². The number of aromatic nitrogens is 2. The van der Waals surface area contributed by atoms with Gasteiger partial charge < -0.3 is 16.0 Å². The van der Waals surface area contributed by atoms with Crippen LogP contribution in [0.3, 0.4) is 0 Å². The van der Waals surface area contributed by atoms with Crippen LogP contribution in [0.25, 0.3) is 10.9 Å². The van der Waals surface area contributed by atoms with E-state index in [1.807, 2.05) is 36.5 Å². The van der Waals surface area contributed by atoms with E-state index < -0.39 is 6.04 Å². The van der Waals surface area contributed by atoms with Gasteiger partial charge in [-0.05, 0) is 30.2 Å². The summed E-state index contributed by atoms with van der Waals surface area (Å²) in [6.45, 7) is 0. The lowest BCUT2D eigenvalue weighted by molar-refractivity contribution is -0.117. The van der Waals surface area contributed by atoms with Crippen LogP contribution >= 0.6 is 0 Å². The van der Waals surface area contributed by atoms with Crippen LogP contribution in [0, 0.1) is 0 Å². The predicted octanol–water partition coefficient (Wildman–Crippen LogP) is 2.07. The minimum Gasteiger partial charge on any atom is -0.361 e. The molecule has 0 spiro atoms. The number of aromatic amines is 1. The van der Waals surface area contributed by atoms with E-state index in [9.17, 15) is 4.79 Å². The summed E-state index contributed by atoms with van der Waals surface area (Å²) in [5.74, 6) is 0.274. The summed E-state index contributed by atoms with van der Waals surface area (Å²) < 4.78 is 0. The molecule has 21 heavy (non-hydrogen) atoms. The molecule has 0 aliphatic heterocycles. The summed E-state index contributed by atoms with van der Waals surface area (Å²) in [6.07, 6.45) is 4.00. The number of hydrogen-bond acceptors (Lipinski definition) is 3. The molecule has 0 aliphatic rings. The Balaban J connectivity index is 1.71. The monoisotopic (exact) mass is 280 g/mol. The number of pyridine rings is 1. The van der Waals surface area contributed by atoms with Crippen LogP contribution in [-0.2, 0) is 11.2 Å². The summed E-state index contributed by atoms with van der Waals surface area (Å²) in [7, 11) is 0. The normalized spacial score (nSPS) is 12.2. The van der Waals surface area contributed by atoms with Crippen molar-refractivity contribution in [3.8, 4) is 0 Å². The maximum Gasteiger partial charge on any atom is 0.242 e. The zero-order valence-electron chi connectivity index (χ0n) is 11.4. The third-order valence-corrected chi connectivity index (χ3v) is 3.37. The van der Waals surface area contributed by atoms with Crippen LogP contribution in [0.2, 0.25) is 0 Å². The maximum absolute atomic E-state index is 12.1. The highest BCUT2D eigenvalue weighted by Gasteiger charge is 2.16. The van der Waals surface area contributed by atoms with Gasteiger partial charge in [0.2, 0.25) is 5.91 Å². The van der Waals surface area contributed by atoms with E-state index in [0.717, 1.165) is 16.5 Å². The lowest BCUT2D eigenvalue weighted by Gasteiger charge is -2.11. The topological polar surface area (TPSA) is 83.8 Å². The number of rotatable bonds is 4. The number of carbonyl (C=O) groups excluding carboxylic acids is 1. The van der Waals surface area contributed by atoms with Crippen molar-refractivity contribution in [2.45, 2.75) is 12.5 Å². The number of benzene rings is 1. The summed E-state index contributed by atoms with van der Waals surface area (Å²) >= 11 is 0. The van der Waals surface area contributed by atoms with E-state index in [4.69, 9.17) is 5.73 Å². The average Bonchev–Trinajstić information content (AvgIpc) is 2.91. The molecule has 1 aromatic carbocycles. The van der Waals surface area contributed by atoms with Crippen LogP contribution in [0.1, 0.15) is 5.56 Å². The number of amides is 1. The molecule has 4 N–H and O–H groups in total. The van der Waals surface area contributed by atoms with Gasteiger partial charge >= 0.3 is 0 Å². The molecule has 5 nitrogen and oxygen atoms in total. The highest BCUT2D eigenvalue weighted by atomic mass is 16.2. The van der Waals surface area contributed by atoms with Gasteiger partial charge in [-0.15, -0.1) is 0 Å². The molecule has 5 heteroatoms. The zero-order chi connectivity index (χ0) is 14.7. The van der Waals surface area contributed by atoms with E-state index in [2.05, 4.69) is 15.3 Å². The summed E-state index contributed by atoms with van der Waals surface area (Å²) in [5, 5.41) is 3.81. The second-order valence-corrected chi connectivity index (χ2v) is 4.87. The quantitative estimate of drug-likeness (QED) is 0.684. The molecule has 1 amide bonds. The number of nitrogens with zero attached hydrogens (tertiary/aromatic N) is 1. The van der Waals surface area contributed by atoms with Gasteiger partial charge in [0.1, 0.15) is 5.82 Å². The van der Waals surface area contributed by atoms with Crippen molar-refractivity contribution in [2.75, 3.05) is 5.32 Å². The molecule has 0 saturated heterocycles. The minimum atomic E-state index is -0.619. The van der Waals surface area contributed by atoms with Crippen LogP contribution in [-0.4, -0.2) is 21.9 Å². The molecule has 2 aromatic heterocycles. The molecule has 3 aromatic rings. The molecular formula is C16H16N4O. The number of anilines is 1. The summed E-state index contributed by atoms with van der Waals surface area (Å²) in [4.78, 5) is 19.3. The lowest BCUT2D eigenvalue weighted by atomic mass is 10.1. The van der Waals surface area contributed by atoms with E-state index in [-0.39, 0.29) is 5.91 Å². The molecule has 0 bridgehead atoms. The first-order valence-electron chi connectivity index (χ1n) is 6.76. The summed E-state index contributed by atoms with van der Waals surface area (Å²) in [6, 6.07) is 12.7. The standard InChI is InChI=1S/C16H16N4O/c17-13(16(21)20-15-7-3-4-8-18-15)9-11-10-19-14-6-2-1-5-12(11)14/h1-8,10,13,19H,9,17H2,(H,18,20,21)/t13-/m0/s1. The van der Waals surface area contributed by atoms with Gasteiger partial charge in [0.05, 0.1) is 6.04 Å². The number of nitrogens with two attached hydrogens (primary N) is 1. The second-order valence-electron chi connectivity index (χ2n) is 4.87. The van der Waals surface area contributed by atoms with Gasteiger partial charge in [0.15, 0.2) is 0 Å². The van der Waals surface area contributed by atoms with Crippen molar-refractivity contribution >= 4 is 22.6 Å². The van der Waals surface area contributed by atoms with Crippen molar-refractivity contribution in [2.24, 2.45) is 5.73 Å². The Hall–Kier alpha value is -2.66. The molecule has 3 rings (SSSR count). The van der Waals surface area contributed by atoms with Crippen LogP contribution < -0.4 is 11.1 Å². The first-order valence-corrected chi connectivity index (χ1v) is 6.76. The maximum atomic E-state index is 12.1. The Morgan fingerprint density at radius 1 is 1.24 bits per heavy atom. The minimum absolute atomic E-state index is 0.237. The molecule has 0 fully saturated rings. The van der Waals surface area contributed by atoms with Crippen LogP contribution in [0.5, 0.6) is 0 Å².